The number of benzene rings is 2. The van der Waals surface area contributed by atoms with Crippen LogP contribution in [0.3, 0.4) is 0 Å². The Balaban J connectivity index is 1.26. The molecule has 7 nitrogen and oxygen atoms in total. The molecule has 5 rings (SSSR count). The number of nitrogens with zero attached hydrogens (tertiary/aromatic N) is 4. The van der Waals surface area contributed by atoms with Crippen molar-refractivity contribution in [3.05, 3.63) is 77.1 Å². The number of aromatic nitrogens is 3. The predicted molar refractivity (Wildman–Crippen MR) is 142 cm³/mol. The van der Waals surface area contributed by atoms with E-state index < -0.39 is 0 Å². The molecule has 0 bridgehead atoms. The van der Waals surface area contributed by atoms with Crippen molar-refractivity contribution in [3.63, 3.8) is 0 Å². The van der Waals surface area contributed by atoms with Crippen molar-refractivity contribution in [1.29, 1.82) is 0 Å². The molecule has 2 aromatic heterocycles. The van der Waals surface area contributed by atoms with Gasteiger partial charge in [-0.05, 0) is 81.6 Å². The van der Waals surface area contributed by atoms with Crippen LogP contribution in [0, 0.1) is 13.8 Å². The van der Waals surface area contributed by atoms with Crippen LogP contribution in [0.1, 0.15) is 41.8 Å². The van der Waals surface area contributed by atoms with Crippen molar-refractivity contribution < 1.29 is 9.53 Å². The summed E-state index contributed by atoms with van der Waals surface area (Å²) in [6, 6.07) is 18.0. The molecule has 1 fully saturated rings. The lowest BCUT2D eigenvalue weighted by Gasteiger charge is -2.15. The molecule has 7 heteroatoms. The van der Waals surface area contributed by atoms with Crippen molar-refractivity contribution in [2.45, 2.75) is 46.1 Å². The third kappa shape index (κ3) is 5.11. The fourth-order valence-corrected chi connectivity index (χ4v) is 5.03. The second-order valence-electron chi connectivity index (χ2n) is 9.49. The van der Waals surface area contributed by atoms with E-state index in [1.165, 1.54) is 31.5 Å². The molecule has 0 spiro atoms. The molecule has 1 saturated heterocycles. The maximum Gasteiger partial charge on any atom is 0.224 e. The average Bonchev–Trinajstić information content (AvgIpc) is 3.55. The molecule has 0 aliphatic carbocycles. The molecular formula is C29H33N5O2. The van der Waals surface area contributed by atoms with Gasteiger partial charge in [-0.15, -0.1) is 0 Å². The standard InChI is InChI=1S/C29H33N5O2/c1-20-24(14-15-29(35)31-23-12-10-22(11-13-23)19-33-16-6-7-17-33)21(2)34-28(30-20)18-26(32-34)25-8-4-5-9-27(25)36-3/h4-5,8-13,18H,6-7,14-17,19H2,1-3H3,(H,31,35). The number of hydrogen-bond acceptors (Lipinski definition) is 5. The number of carbonyl (C=O) groups excluding carboxylic acids is 1. The normalized spacial score (nSPS) is 13.9. The first-order valence-electron chi connectivity index (χ1n) is 12.6. The van der Waals surface area contributed by atoms with E-state index in [-0.39, 0.29) is 5.91 Å². The number of ether oxygens (including phenoxy) is 1. The van der Waals surface area contributed by atoms with Gasteiger partial charge in [0, 0.05) is 41.7 Å². The number of carbonyl (C=O) groups is 1. The number of hydrogen-bond donors (Lipinski definition) is 1. The van der Waals surface area contributed by atoms with Crippen LogP contribution in [0.15, 0.2) is 54.6 Å². The Bertz CT molecular complexity index is 1370. The van der Waals surface area contributed by atoms with E-state index in [2.05, 4.69) is 22.3 Å². The first-order valence-corrected chi connectivity index (χ1v) is 12.6. The van der Waals surface area contributed by atoms with Crippen molar-refractivity contribution in [1.82, 2.24) is 19.5 Å². The van der Waals surface area contributed by atoms with E-state index >= 15 is 0 Å². The monoisotopic (exact) mass is 483 g/mol. The molecule has 1 aliphatic rings. The number of methoxy groups -OCH3 is 1. The van der Waals surface area contributed by atoms with Gasteiger partial charge in [-0.3, -0.25) is 9.69 Å². The third-order valence-corrected chi connectivity index (χ3v) is 6.99. The molecule has 1 amide bonds. The van der Waals surface area contributed by atoms with Crippen LogP contribution >= 0.6 is 0 Å². The number of anilines is 1. The summed E-state index contributed by atoms with van der Waals surface area (Å²) in [6.45, 7) is 7.37. The lowest BCUT2D eigenvalue weighted by atomic mass is 10.1. The first kappa shape index (κ1) is 24.0. The van der Waals surface area contributed by atoms with Crippen molar-refractivity contribution in [2.24, 2.45) is 0 Å². The smallest absolute Gasteiger partial charge is 0.224 e. The molecule has 0 unspecified atom stereocenters. The number of fused-ring (bicyclic) bond motifs is 1. The summed E-state index contributed by atoms with van der Waals surface area (Å²) in [5.74, 6) is 0.771. The molecule has 3 heterocycles. The van der Waals surface area contributed by atoms with Crippen LogP contribution in [0.2, 0.25) is 0 Å². The minimum absolute atomic E-state index is 0.00336. The summed E-state index contributed by atoms with van der Waals surface area (Å²) in [5, 5.41) is 7.84. The minimum atomic E-state index is -0.00336. The average molecular weight is 484 g/mol. The highest BCUT2D eigenvalue weighted by Crippen LogP contribution is 2.30. The number of aryl methyl sites for hydroxylation is 2. The van der Waals surface area contributed by atoms with Gasteiger partial charge in [0.25, 0.3) is 0 Å². The Morgan fingerprint density at radius 2 is 1.81 bits per heavy atom. The van der Waals surface area contributed by atoms with Crippen LogP contribution in [-0.2, 0) is 17.8 Å². The van der Waals surface area contributed by atoms with Gasteiger partial charge < -0.3 is 10.1 Å². The van der Waals surface area contributed by atoms with Crippen LogP contribution in [0.4, 0.5) is 5.69 Å². The Morgan fingerprint density at radius 1 is 1.06 bits per heavy atom. The SMILES string of the molecule is COc1ccccc1-c1cc2nc(C)c(CCC(=O)Nc3ccc(CN4CCCC4)cc3)c(C)n2n1. The highest BCUT2D eigenvalue weighted by molar-refractivity contribution is 5.90. The highest BCUT2D eigenvalue weighted by Gasteiger charge is 2.16. The van der Waals surface area contributed by atoms with Gasteiger partial charge in [-0.25, -0.2) is 9.50 Å². The summed E-state index contributed by atoms with van der Waals surface area (Å²) in [6.07, 6.45) is 3.56. The summed E-state index contributed by atoms with van der Waals surface area (Å²) < 4.78 is 7.37. The Labute approximate surface area is 212 Å². The lowest BCUT2D eigenvalue weighted by Crippen LogP contribution is -2.18. The minimum Gasteiger partial charge on any atom is -0.496 e. The zero-order chi connectivity index (χ0) is 25.1. The zero-order valence-electron chi connectivity index (χ0n) is 21.3. The second-order valence-corrected chi connectivity index (χ2v) is 9.49. The van der Waals surface area contributed by atoms with Gasteiger partial charge in [0.05, 0.1) is 12.8 Å². The molecule has 0 saturated carbocycles. The molecule has 1 N–H and O–H groups in total. The summed E-state index contributed by atoms with van der Waals surface area (Å²) >= 11 is 0. The molecular weight excluding hydrogens is 450 g/mol. The molecule has 4 aromatic rings. The topological polar surface area (TPSA) is 71.8 Å². The quantitative estimate of drug-likeness (QED) is 0.374. The molecule has 1 aliphatic heterocycles. The van der Waals surface area contributed by atoms with E-state index in [4.69, 9.17) is 14.8 Å². The fourth-order valence-electron chi connectivity index (χ4n) is 5.03. The van der Waals surface area contributed by atoms with Crippen LogP contribution < -0.4 is 10.1 Å². The Kier molecular flexibility index (Phi) is 7.00. The van der Waals surface area contributed by atoms with E-state index in [9.17, 15) is 4.79 Å². The van der Waals surface area contributed by atoms with Gasteiger partial charge in [0.2, 0.25) is 5.91 Å². The van der Waals surface area contributed by atoms with Crippen LogP contribution in [-0.4, -0.2) is 45.6 Å². The Morgan fingerprint density at radius 3 is 2.56 bits per heavy atom. The summed E-state index contributed by atoms with van der Waals surface area (Å²) in [5.41, 5.74) is 7.61. The molecule has 186 valence electrons. The summed E-state index contributed by atoms with van der Waals surface area (Å²) in [4.78, 5) is 20.0. The number of rotatable bonds is 8. The van der Waals surface area contributed by atoms with Crippen molar-refractivity contribution in [2.75, 3.05) is 25.5 Å². The fraction of sp³-hybridized carbons (Fsp3) is 0.345. The van der Waals surface area contributed by atoms with Gasteiger partial charge in [0.1, 0.15) is 5.75 Å². The molecule has 2 aromatic carbocycles. The Hall–Kier alpha value is -3.71. The second kappa shape index (κ2) is 10.5. The van der Waals surface area contributed by atoms with E-state index in [1.807, 2.05) is 60.8 Å². The highest BCUT2D eigenvalue weighted by atomic mass is 16.5. The van der Waals surface area contributed by atoms with Gasteiger partial charge in [-0.2, -0.15) is 5.10 Å². The lowest BCUT2D eigenvalue weighted by molar-refractivity contribution is -0.116. The molecule has 36 heavy (non-hydrogen) atoms. The predicted octanol–water partition coefficient (Wildman–Crippen LogP) is 5.19. The molecule has 0 radical (unpaired) electrons. The largest absolute Gasteiger partial charge is 0.496 e. The van der Waals surface area contributed by atoms with Crippen molar-refractivity contribution in [3.8, 4) is 17.0 Å². The molecule has 0 atom stereocenters. The van der Waals surface area contributed by atoms with E-state index in [1.54, 1.807) is 7.11 Å². The number of nitrogens with one attached hydrogen (secondary N) is 1. The van der Waals surface area contributed by atoms with Gasteiger partial charge in [-0.1, -0.05) is 24.3 Å². The maximum absolute atomic E-state index is 12.7. The summed E-state index contributed by atoms with van der Waals surface area (Å²) in [7, 11) is 1.66. The van der Waals surface area contributed by atoms with E-state index in [0.717, 1.165) is 51.8 Å². The van der Waals surface area contributed by atoms with Gasteiger partial charge in [0.15, 0.2) is 5.65 Å². The number of amides is 1. The number of likely N-dealkylation sites (tertiary alicyclic amines) is 1. The van der Waals surface area contributed by atoms with Crippen LogP contribution in [0.25, 0.3) is 16.9 Å². The number of para-hydroxylation sites is 1. The third-order valence-electron chi connectivity index (χ3n) is 6.99. The van der Waals surface area contributed by atoms with Crippen molar-refractivity contribution >= 4 is 17.2 Å². The first-order chi connectivity index (χ1) is 17.5. The van der Waals surface area contributed by atoms with Crippen LogP contribution in [0.5, 0.6) is 5.75 Å². The zero-order valence-corrected chi connectivity index (χ0v) is 21.3. The van der Waals surface area contributed by atoms with E-state index in [0.29, 0.717) is 12.8 Å². The maximum atomic E-state index is 12.7. The van der Waals surface area contributed by atoms with Gasteiger partial charge >= 0.3 is 0 Å².